The number of rotatable bonds is 4. The van der Waals surface area contributed by atoms with Gasteiger partial charge in [0, 0.05) is 5.75 Å². The van der Waals surface area contributed by atoms with Gasteiger partial charge in [-0.25, -0.2) is 0 Å². The second-order valence-corrected chi connectivity index (χ2v) is 2.79. The molecule has 0 saturated carbocycles. The van der Waals surface area contributed by atoms with E-state index >= 15 is 0 Å². The maximum absolute atomic E-state index is 9.24. The SMILES string of the molecule is N=C(N)CS.NCC(=O)O.NCC(=O)O.NCC(=O)O. The molecule has 0 unspecified atom stereocenters. The van der Waals surface area contributed by atoms with Gasteiger partial charge < -0.3 is 38.3 Å². The summed E-state index contributed by atoms with van der Waals surface area (Å²) in [6.07, 6.45) is 0. The lowest BCUT2D eigenvalue weighted by atomic mass is 10.7. The van der Waals surface area contributed by atoms with E-state index in [0.717, 1.165) is 0 Å². The number of thiol groups is 1. The van der Waals surface area contributed by atoms with Crippen molar-refractivity contribution >= 4 is 36.4 Å². The average molecular weight is 315 g/mol. The summed E-state index contributed by atoms with van der Waals surface area (Å²) in [4.78, 5) is 27.7. The molecule has 0 aromatic rings. The number of nitrogens with one attached hydrogen (secondary N) is 1. The van der Waals surface area contributed by atoms with Gasteiger partial charge in [0.2, 0.25) is 0 Å². The quantitative estimate of drug-likeness (QED) is 0.144. The highest BCUT2D eigenvalue weighted by Gasteiger charge is 1.81. The third kappa shape index (κ3) is 98.5. The number of hydrogen-bond acceptors (Lipinski definition) is 8. The fourth-order valence-corrected chi connectivity index (χ4v) is 0. The van der Waals surface area contributed by atoms with Crippen molar-refractivity contribution in [1.29, 1.82) is 5.41 Å². The summed E-state index contributed by atoms with van der Waals surface area (Å²) in [5.41, 5.74) is 18.5. The Morgan fingerprint density at radius 3 is 0.950 bits per heavy atom. The topological polar surface area (TPSA) is 240 Å². The molecule has 12 N–H and O–H groups in total. The molecule has 20 heavy (non-hydrogen) atoms. The molecule has 0 aromatic carbocycles. The summed E-state index contributed by atoms with van der Waals surface area (Å²) in [5, 5.41) is 29.2. The molecule has 0 amide bonds. The molecule has 0 aliphatic carbocycles. The summed E-state index contributed by atoms with van der Waals surface area (Å²) in [7, 11) is 0. The highest BCUT2D eigenvalue weighted by atomic mass is 32.1. The standard InChI is InChI=1S/C2H6N2S.3C2H5NO2/c3-2(4)1-5;3*3-1-2(4)5/h5H,1H2,(H3,3,4);3*1,3H2,(H,4,5). The van der Waals surface area contributed by atoms with Gasteiger partial charge in [-0.3, -0.25) is 19.8 Å². The first-order valence-corrected chi connectivity index (χ1v) is 5.41. The summed E-state index contributed by atoms with van der Waals surface area (Å²) in [5.74, 6) is -2.42. The molecule has 0 rings (SSSR count). The number of carboxylic acid groups (broad SMARTS) is 3. The summed E-state index contributed by atoms with van der Waals surface area (Å²) >= 11 is 3.67. The Kier molecular flexibility index (Phi) is 29.7. The van der Waals surface area contributed by atoms with Gasteiger partial charge in [0.15, 0.2) is 0 Å². The van der Waals surface area contributed by atoms with E-state index in [1.54, 1.807) is 0 Å². The molecular formula is C8H21N5O6S. The van der Waals surface area contributed by atoms with E-state index < -0.39 is 17.9 Å². The minimum atomic E-state index is -0.968. The summed E-state index contributed by atoms with van der Waals surface area (Å²) in [6, 6.07) is 0. The third-order valence-electron chi connectivity index (χ3n) is 0.694. The minimum absolute atomic E-state index is 0.119. The minimum Gasteiger partial charge on any atom is -0.480 e. The van der Waals surface area contributed by atoms with Crippen LogP contribution in [0.3, 0.4) is 0 Å². The van der Waals surface area contributed by atoms with Crippen LogP contribution in [-0.4, -0.2) is 64.5 Å². The van der Waals surface area contributed by atoms with Crippen molar-refractivity contribution in [2.75, 3.05) is 25.4 Å². The van der Waals surface area contributed by atoms with Crippen LogP contribution in [0.5, 0.6) is 0 Å². The van der Waals surface area contributed by atoms with E-state index in [1.165, 1.54) is 0 Å². The van der Waals surface area contributed by atoms with Crippen LogP contribution >= 0.6 is 12.6 Å². The lowest BCUT2D eigenvalue weighted by Crippen LogP contribution is -2.10. The molecule has 0 saturated heterocycles. The molecule has 12 heteroatoms. The Morgan fingerprint density at radius 1 is 0.850 bits per heavy atom. The molecule has 0 aliphatic rings. The lowest BCUT2D eigenvalue weighted by Gasteiger charge is -1.78. The molecule has 0 aliphatic heterocycles. The van der Waals surface area contributed by atoms with Crippen LogP contribution in [-0.2, 0) is 14.4 Å². The largest absolute Gasteiger partial charge is 0.480 e. The Morgan fingerprint density at radius 2 is 0.950 bits per heavy atom. The van der Waals surface area contributed by atoms with Crippen molar-refractivity contribution in [2.24, 2.45) is 22.9 Å². The number of amidine groups is 1. The molecule has 0 aromatic heterocycles. The number of nitrogens with two attached hydrogens (primary N) is 4. The van der Waals surface area contributed by atoms with E-state index in [-0.39, 0.29) is 25.5 Å². The molecule has 0 spiro atoms. The highest BCUT2D eigenvalue weighted by Crippen LogP contribution is 1.64. The number of carbonyl (C=O) groups is 3. The predicted octanol–water partition coefficient (Wildman–Crippen LogP) is -3.06. The van der Waals surface area contributed by atoms with Gasteiger partial charge in [-0.15, -0.1) is 0 Å². The monoisotopic (exact) mass is 315 g/mol. The van der Waals surface area contributed by atoms with Gasteiger partial charge in [0.25, 0.3) is 0 Å². The summed E-state index contributed by atoms with van der Waals surface area (Å²) in [6.45, 7) is -0.833. The van der Waals surface area contributed by atoms with Gasteiger partial charge in [0.1, 0.15) is 5.84 Å². The Bertz CT molecular complexity index is 233. The van der Waals surface area contributed by atoms with Gasteiger partial charge in [0.05, 0.1) is 19.6 Å². The number of aliphatic carboxylic acids is 3. The van der Waals surface area contributed by atoms with E-state index in [2.05, 4.69) is 29.8 Å². The fraction of sp³-hybridized carbons (Fsp3) is 0.500. The highest BCUT2D eigenvalue weighted by molar-refractivity contribution is 7.81. The van der Waals surface area contributed by atoms with Gasteiger partial charge >= 0.3 is 17.9 Å². The molecule has 11 nitrogen and oxygen atoms in total. The van der Waals surface area contributed by atoms with E-state index in [9.17, 15) is 14.4 Å². The zero-order valence-corrected chi connectivity index (χ0v) is 11.5. The average Bonchev–Trinajstić information content (AvgIpc) is 2.40. The Balaban J connectivity index is -0.0000000853. The smallest absolute Gasteiger partial charge is 0.317 e. The maximum Gasteiger partial charge on any atom is 0.317 e. The molecule has 0 fully saturated rings. The first-order chi connectivity index (χ1) is 9.08. The van der Waals surface area contributed by atoms with Gasteiger partial charge in [-0.05, 0) is 0 Å². The second kappa shape index (κ2) is 22.3. The second-order valence-electron chi connectivity index (χ2n) is 2.48. The van der Waals surface area contributed by atoms with E-state index in [1.807, 2.05) is 0 Å². The zero-order valence-electron chi connectivity index (χ0n) is 10.7. The molecule has 0 bridgehead atoms. The molecule has 120 valence electrons. The van der Waals surface area contributed by atoms with Crippen LogP contribution in [0, 0.1) is 5.41 Å². The molecule has 0 atom stereocenters. The number of hydrogen-bond donors (Lipinski definition) is 9. The van der Waals surface area contributed by atoms with Gasteiger partial charge in [-0.2, -0.15) is 12.6 Å². The van der Waals surface area contributed by atoms with Gasteiger partial charge in [-0.1, -0.05) is 0 Å². The van der Waals surface area contributed by atoms with Crippen LogP contribution < -0.4 is 22.9 Å². The van der Waals surface area contributed by atoms with Crippen LogP contribution in [0.15, 0.2) is 0 Å². The Hall–Kier alpha value is -1.89. The van der Waals surface area contributed by atoms with Crippen molar-refractivity contribution < 1.29 is 29.7 Å². The Labute approximate surface area is 120 Å². The fourth-order valence-electron chi connectivity index (χ4n) is 0. The molecule has 0 radical (unpaired) electrons. The van der Waals surface area contributed by atoms with E-state index in [4.69, 9.17) is 26.5 Å². The maximum atomic E-state index is 9.24. The summed E-state index contributed by atoms with van der Waals surface area (Å²) < 4.78 is 0. The molecule has 0 heterocycles. The van der Waals surface area contributed by atoms with Crippen molar-refractivity contribution in [3.63, 3.8) is 0 Å². The van der Waals surface area contributed by atoms with Crippen molar-refractivity contribution in [3.8, 4) is 0 Å². The van der Waals surface area contributed by atoms with Crippen molar-refractivity contribution in [2.45, 2.75) is 0 Å². The third-order valence-corrected chi connectivity index (χ3v) is 1.03. The van der Waals surface area contributed by atoms with Crippen LogP contribution in [0.25, 0.3) is 0 Å². The molecular weight excluding hydrogens is 294 g/mol. The zero-order chi connectivity index (χ0) is 17.1. The normalized spacial score (nSPS) is 7.40. The van der Waals surface area contributed by atoms with Crippen molar-refractivity contribution in [1.82, 2.24) is 0 Å². The first kappa shape index (κ1) is 26.6. The lowest BCUT2D eigenvalue weighted by molar-refractivity contribution is -0.136. The van der Waals surface area contributed by atoms with Crippen molar-refractivity contribution in [3.05, 3.63) is 0 Å². The predicted molar refractivity (Wildman–Crippen MR) is 75.8 cm³/mol. The number of carboxylic acids is 3. The van der Waals surface area contributed by atoms with Crippen LogP contribution in [0.1, 0.15) is 0 Å². The first-order valence-electron chi connectivity index (χ1n) is 4.78. The van der Waals surface area contributed by atoms with E-state index in [0.29, 0.717) is 5.75 Å². The van der Waals surface area contributed by atoms with Crippen LogP contribution in [0.4, 0.5) is 0 Å². The van der Waals surface area contributed by atoms with Crippen LogP contribution in [0.2, 0.25) is 0 Å².